The Labute approximate surface area is 126 Å². The smallest absolute Gasteiger partial charge is 0.240 e. The first-order valence-corrected chi connectivity index (χ1v) is 9.18. The molecule has 0 aromatic heterocycles. The molecule has 21 heavy (non-hydrogen) atoms. The van der Waals surface area contributed by atoms with Crippen molar-refractivity contribution in [3.63, 3.8) is 0 Å². The first-order valence-electron chi connectivity index (χ1n) is 7.57. The van der Waals surface area contributed by atoms with Crippen molar-refractivity contribution < 1.29 is 17.9 Å². The largest absolute Gasteiger partial charge is 0.375 e. The number of hydrogen-bond donors (Lipinski definition) is 2. The van der Waals surface area contributed by atoms with E-state index in [2.05, 4.69) is 10.6 Å². The van der Waals surface area contributed by atoms with Crippen molar-refractivity contribution in [3.8, 4) is 0 Å². The highest BCUT2D eigenvalue weighted by atomic mass is 32.2. The fourth-order valence-electron chi connectivity index (χ4n) is 2.78. The molecule has 2 rings (SSSR count). The molecule has 2 aliphatic rings. The Bertz CT molecular complexity index is 460. The second-order valence-electron chi connectivity index (χ2n) is 5.59. The van der Waals surface area contributed by atoms with E-state index in [4.69, 9.17) is 4.74 Å². The van der Waals surface area contributed by atoms with Gasteiger partial charge in [0.1, 0.15) is 6.04 Å². The summed E-state index contributed by atoms with van der Waals surface area (Å²) in [6.07, 6.45) is 1.18. The number of nitrogens with zero attached hydrogens (tertiary/aromatic N) is 1. The third-order valence-corrected chi connectivity index (χ3v) is 6.04. The van der Waals surface area contributed by atoms with Crippen LogP contribution < -0.4 is 10.6 Å². The Kier molecular flexibility index (Phi) is 5.59. The van der Waals surface area contributed by atoms with Crippen molar-refractivity contribution in [2.24, 2.45) is 0 Å². The van der Waals surface area contributed by atoms with Crippen molar-refractivity contribution in [1.82, 2.24) is 14.9 Å². The number of hydrogen-bond acceptors (Lipinski definition) is 5. The molecule has 0 unspecified atom stereocenters. The van der Waals surface area contributed by atoms with Gasteiger partial charge < -0.3 is 15.4 Å². The Balaban J connectivity index is 1.82. The lowest BCUT2D eigenvalue weighted by Gasteiger charge is -2.34. The number of piperidine rings is 1. The van der Waals surface area contributed by atoms with E-state index in [1.54, 1.807) is 6.92 Å². The van der Waals surface area contributed by atoms with Gasteiger partial charge in [0.05, 0.1) is 18.5 Å². The van der Waals surface area contributed by atoms with Crippen molar-refractivity contribution in [2.75, 3.05) is 32.0 Å². The van der Waals surface area contributed by atoms with Gasteiger partial charge in [-0.1, -0.05) is 0 Å². The predicted molar refractivity (Wildman–Crippen MR) is 79.4 cm³/mol. The number of nitrogens with one attached hydrogen (secondary N) is 2. The van der Waals surface area contributed by atoms with Gasteiger partial charge in [-0.3, -0.25) is 4.79 Å². The van der Waals surface area contributed by atoms with E-state index in [1.807, 2.05) is 6.92 Å². The number of carbonyl (C=O) groups excluding carboxylic acids is 1. The first-order chi connectivity index (χ1) is 9.94. The van der Waals surface area contributed by atoms with E-state index < -0.39 is 10.0 Å². The molecule has 2 fully saturated rings. The third kappa shape index (κ3) is 4.15. The molecule has 1 amide bonds. The quantitative estimate of drug-likeness (QED) is 0.715. The van der Waals surface area contributed by atoms with Gasteiger partial charge in [-0.2, -0.15) is 0 Å². The summed E-state index contributed by atoms with van der Waals surface area (Å²) in [4.78, 5) is 12.2. The molecular formula is C13H25N3O4S. The fourth-order valence-corrected chi connectivity index (χ4v) is 3.91. The molecule has 122 valence electrons. The zero-order chi connectivity index (χ0) is 15.5. The number of amides is 1. The molecule has 0 aromatic rings. The van der Waals surface area contributed by atoms with Crippen LogP contribution in [-0.4, -0.2) is 68.8 Å². The average molecular weight is 319 g/mol. The summed E-state index contributed by atoms with van der Waals surface area (Å²) in [7, 11) is -3.11. The summed E-state index contributed by atoms with van der Waals surface area (Å²) < 4.78 is 30.6. The van der Waals surface area contributed by atoms with Gasteiger partial charge in [0, 0.05) is 25.7 Å². The predicted octanol–water partition coefficient (Wildman–Crippen LogP) is -0.706. The van der Waals surface area contributed by atoms with Crippen molar-refractivity contribution in [1.29, 1.82) is 0 Å². The number of sulfonamides is 1. The van der Waals surface area contributed by atoms with Gasteiger partial charge in [0.15, 0.2) is 0 Å². The molecule has 7 nitrogen and oxygen atoms in total. The molecule has 0 saturated carbocycles. The van der Waals surface area contributed by atoms with Crippen LogP contribution in [0, 0.1) is 0 Å². The zero-order valence-corrected chi connectivity index (χ0v) is 13.5. The maximum atomic E-state index is 12.2. The summed E-state index contributed by atoms with van der Waals surface area (Å²) in [5.41, 5.74) is 0. The lowest BCUT2D eigenvalue weighted by atomic mass is 10.0. The molecule has 0 aromatic carbocycles. The second-order valence-corrected chi connectivity index (χ2v) is 7.85. The van der Waals surface area contributed by atoms with E-state index in [-0.39, 0.29) is 29.8 Å². The van der Waals surface area contributed by atoms with Gasteiger partial charge >= 0.3 is 0 Å². The monoisotopic (exact) mass is 319 g/mol. The van der Waals surface area contributed by atoms with Crippen molar-refractivity contribution >= 4 is 15.9 Å². The zero-order valence-electron chi connectivity index (χ0n) is 12.7. The normalized spacial score (nSPS) is 29.2. The van der Waals surface area contributed by atoms with Crippen LogP contribution in [0.25, 0.3) is 0 Å². The van der Waals surface area contributed by atoms with Gasteiger partial charge in [-0.15, -0.1) is 0 Å². The number of ether oxygens (including phenoxy) is 1. The minimum Gasteiger partial charge on any atom is -0.375 e. The topological polar surface area (TPSA) is 87.7 Å². The molecule has 2 saturated heterocycles. The van der Waals surface area contributed by atoms with Gasteiger partial charge in [0.2, 0.25) is 15.9 Å². The molecular weight excluding hydrogens is 294 g/mol. The highest BCUT2D eigenvalue weighted by Crippen LogP contribution is 2.15. The summed E-state index contributed by atoms with van der Waals surface area (Å²) in [6.45, 7) is 5.79. The van der Waals surface area contributed by atoms with E-state index in [9.17, 15) is 13.2 Å². The Morgan fingerprint density at radius 1 is 1.38 bits per heavy atom. The van der Waals surface area contributed by atoms with Gasteiger partial charge in [-0.05, 0) is 26.7 Å². The van der Waals surface area contributed by atoms with E-state index in [0.717, 1.165) is 0 Å². The number of morpholine rings is 1. The Morgan fingerprint density at radius 3 is 2.62 bits per heavy atom. The van der Waals surface area contributed by atoms with Gasteiger partial charge in [-0.25, -0.2) is 12.7 Å². The molecule has 2 heterocycles. The molecule has 0 radical (unpaired) electrons. The minimum atomic E-state index is -3.11. The summed E-state index contributed by atoms with van der Waals surface area (Å²) in [5.74, 6) is 0.0734. The van der Waals surface area contributed by atoms with Crippen molar-refractivity contribution in [2.45, 2.75) is 44.9 Å². The molecule has 2 N–H and O–H groups in total. The van der Waals surface area contributed by atoms with E-state index in [1.165, 1.54) is 4.31 Å². The molecule has 0 spiro atoms. The Hall–Kier alpha value is -0.700. The van der Waals surface area contributed by atoms with E-state index >= 15 is 0 Å². The first kappa shape index (κ1) is 16.7. The summed E-state index contributed by atoms with van der Waals surface area (Å²) in [5, 5.41) is 6.16. The number of carbonyl (C=O) groups is 1. The van der Waals surface area contributed by atoms with E-state index in [0.29, 0.717) is 39.1 Å². The lowest BCUT2D eigenvalue weighted by molar-refractivity contribution is -0.129. The lowest BCUT2D eigenvalue weighted by Crippen LogP contribution is -2.58. The Morgan fingerprint density at radius 2 is 2.05 bits per heavy atom. The standard InChI is InChI=1S/C13H25N3O4S/c1-3-21(18,19)16-7-4-11(5-8-16)15-13(17)12-10(2)20-9-6-14-12/h10-12,14H,3-9H2,1-2H3,(H,15,17)/t10-,12+/m1/s1. The maximum Gasteiger partial charge on any atom is 0.240 e. The molecule has 8 heteroatoms. The summed E-state index contributed by atoms with van der Waals surface area (Å²) in [6, 6.07) is -0.284. The SMILES string of the molecule is CCS(=O)(=O)N1CCC(NC(=O)[C@H]2NCCO[C@@H]2C)CC1. The van der Waals surface area contributed by atoms with Crippen LogP contribution in [0.15, 0.2) is 0 Å². The van der Waals surface area contributed by atoms with Crippen LogP contribution in [-0.2, 0) is 19.6 Å². The number of rotatable bonds is 4. The highest BCUT2D eigenvalue weighted by Gasteiger charge is 2.32. The second kappa shape index (κ2) is 7.04. The van der Waals surface area contributed by atoms with Crippen LogP contribution in [0.4, 0.5) is 0 Å². The van der Waals surface area contributed by atoms with Crippen molar-refractivity contribution in [3.05, 3.63) is 0 Å². The molecule has 0 aliphatic carbocycles. The summed E-state index contributed by atoms with van der Waals surface area (Å²) >= 11 is 0. The van der Waals surface area contributed by atoms with Crippen LogP contribution in [0.5, 0.6) is 0 Å². The molecule has 0 bridgehead atoms. The maximum absolute atomic E-state index is 12.2. The third-order valence-electron chi connectivity index (χ3n) is 4.16. The minimum absolute atomic E-state index is 0.0386. The van der Waals surface area contributed by atoms with Crippen LogP contribution in [0.1, 0.15) is 26.7 Å². The molecule has 2 aliphatic heterocycles. The van der Waals surface area contributed by atoms with Crippen LogP contribution in [0.3, 0.4) is 0 Å². The molecule has 2 atom stereocenters. The van der Waals surface area contributed by atoms with Crippen LogP contribution in [0.2, 0.25) is 0 Å². The highest BCUT2D eigenvalue weighted by molar-refractivity contribution is 7.89. The average Bonchev–Trinajstić information content (AvgIpc) is 2.48. The van der Waals surface area contributed by atoms with Gasteiger partial charge in [0.25, 0.3) is 0 Å². The fraction of sp³-hybridized carbons (Fsp3) is 0.923. The van der Waals surface area contributed by atoms with Crippen LogP contribution >= 0.6 is 0 Å².